The van der Waals surface area contributed by atoms with Crippen LogP contribution >= 0.6 is 0 Å². The molecule has 0 aliphatic heterocycles. The molecule has 0 atom stereocenters. The molecule has 3 aromatic heterocycles. The fourth-order valence-corrected chi connectivity index (χ4v) is 7.02. The fraction of sp³-hybridized carbons (Fsp3) is 0. The van der Waals surface area contributed by atoms with Gasteiger partial charge in [0.05, 0.1) is 5.52 Å². The van der Waals surface area contributed by atoms with Crippen molar-refractivity contribution in [2.75, 3.05) is 0 Å². The molecule has 0 saturated heterocycles. The predicted octanol–water partition coefficient (Wildman–Crippen LogP) is 11.3. The second-order valence-electron chi connectivity index (χ2n) is 12.2. The third-order valence-corrected chi connectivity index (χ3v) is 9.35. The van der Waals surface area contributed by atoms with E-state index >= 15 is 0 Å². The normalized spacial score (nSPS) is 11.7. The standard InChI is InChI=1S/C44H26N4O/c1-3-11-27(12-4-1)34-17-9-18-36-39-37(19-10-20-38(39)49-41(34)36)44-47-42(28-13-5-2-6-14-28)46-43(48-44)30-22-23-33-29(25-30)21-24-35-32-16-8-7-15-31(32)26-45-40(33)35/h1-26H. The molecule has 0 unspecified atom stereocenters. The lowest BCUT2D eigenvalue weighted by molar-refractivity contribution is 0.670. The summed E-state index contributed by atoms with van der Waals surface area (Å²) in [6.45, 7) is 0. The minimum absolute atomic E-state index is 0.592. The molecule has 0 bridgehead atoms. The number of furan rings is 1. The van der Waals surface area contributed by atoms with Gasteiger partial charge < -0.3 is 4.42 Å². The maximum atomic E-state index is 6.56. The van der Waals surface area contributed by atoms with Crippen LogP contribution in [0.1, 0.15) is 0 Å². The molecule has 5 heteroatoms. The van der Waals surface area contributed by atoms with E-state index in [1.807, 2.05) is 72.9 Å². The Morgan fingerprint density at radius 1 is 0.408 bits per heavy atom. The highest BCUT2D eigenvalue weighted by molar-refractivity contribution is 6.16. The number of nitrogens with zero attached hydrogens (tertiary/aromatic N) is 4. The number of hydrogen-bond acceptors (Lipinski definition) is 5. The summed E-state index contributed by atoms with van der Waals surface area (Å²) in [4.78, 5) is 20.1. The third-order valence-electron chi connectivity index (χ3n) is 9.35. The summed E-state index contributed by atoms with van der Waals surface area (Å²) in [6.07, 6.45) is 1.96. The van der Waals surface area contributed by atoms with Crippen molar-refractivity contribution < 1.29 is 4.42 Å². The van der Waals surface area contributed by atoms with Crippen LogP contribution in [-0.2, 0) is 0 Å². The number of aromatic nitrogens is 4. The topological polar surface area (TPSA) is 64.7 Å². The average Bonchev–Trinajstić information content (AvgIpc) is 3.57. The molecule has 49 heavy (non-hydrogen) atoms. The Bertz CT molecular complexity index is 2880. The van der Waals surface area contributed by atoms with Crippen LogP contribution in [-0.4, -0.2) is 19.9 Å². The van der Waals surface area contributed by atoms with Crippen LogP contribution < -0.4 is 0 Å². The molecule has 10 aromatic rings. The largest absolute Gasteiger partial charge is 0.455 e. The Kier molecular flexibility index (Phi) is 6.11. The summed E-state index contributed by atoms with van der Waals surface area (Å²) >= 11 is 0. The van der Waals surface area contributed by atoms with Crippen molar-refractivity contribution in [3.63, 3.8) is 0 Å². The van der Waals surface area contributed by atoms with Gasteiger partial charge in [-0.25, -0.2) is 15.0 Å². The summed E-state index contributed by atoms with van der Waals surface area (Å²) in [5.74, 6) is 1.81. The Morgan fingerprint density at radius 3 is 1.94 bits per heavy atom. The first-order valence-electron chi connectivity index (χ1n) is 16.3. The van der Waals surface area contributed by atoms with E-state index in [0.29, 0.717) is 17.5 Å². The highest BCUT2D eigenvalue weighted by Gasteiger charge is 2.19. The zero-order chi connectivity index (χ0) is 32.3. The lowest BCUT2D eigenvalue weighted by Crippen LogP contribution is -2.00. The van der Waals surface area contributed by atoms with Crippen LogP contribution in [0.15, 0.2) is 162 Å². The molecular formula is C44H26N4O. The molecule has 0 aliphatic rings. The summed E-state index contributed by atoms with van der Waals surface area (Å²) in [6, 6.07) is 51.9. The Morgan fingerprint density at radius 2 is 1.08 bits per heavy atom. The van der Waals surface area contributed by atoms with E-state index in [2.05, 4.69) is 84.9 Å². The average molecular weight is 627 g/mol. The maximum Gasteiger partial charge on any atom is 0.164 e. The first kappa shape index (κ1) is 27.4. The van der Waals surface area contributed by atoms with Gasteiger partial charge in [0.1, 0.15) is 11.2 Å². The lowest BCUT2D eigenvalue weighted by Gasteiger charge is -2.11. The molecule has 0 amide bonds. The maximum absolute atomic E-state index is 6.56. The number of benzene rings is 7. The lowest BCUT2D eigenvalue weighted by atomic mass is 9.99. The van der Waals surface area contributed by atoms with Gasteiger partial charge in [-0.05, 0) is 28.5 Å². The van der Waals surface area contributed by atoms with Crippen molar-refractivity contribution in [1.82, 2.24) is 19.9 Å². The summed E-state index contributed by atoms with van der Waals surface area (Å²) in [7, 11) is 0. The Hall–Kier alpha value is -6.72. The van der Waals surface area contributed by atoms with Crippen LogP contribution in [0.25, 0.3) is 99.7 Å². The van der Waals surface area contributed by atoms with Gasteiger partial charge in [-0.3, -0.25) is 4.98 Å². The third kappa shape index (κ3) is 4.48. The van der Waals surface area contributed by atoms with Crippen LogP contribution in [0.5, 0.6) is 0 Å². The van der Waals surface area contributed by atoms with Crippen molar-refractivity contribution in [2.45, 2.75) is 0 Å². The van der Waals surface area contributed by atoms with E-state index in [-0.39, 0.29) is 0 Å². The number of fused-ring (bicyclic) bond motifs is 8. The van der Waals surface area contributed by atoms with Crippen LogP contribution in [0.2, 0.25) is 0 Å². The second-order valence-corrected chi connectivity index (χ2v) is 12.2. The molecule has 5 nitrogen and oxygen atoms in total. The number of pyridine rings is 1. The van der Waals surface area contributed by atoms with E-state index in [4.69, 9.17) is 24.4 Å². The zero-order valence-electron chi connectivity index (χ0n) is 26.2. The molecule has 228 valence electrons. The highest BCUT2D eigenvalue weighted by Crippen LogP contribution is 2.40. The minimum Gasteiger partial charge on any atom is -0.455 e. The van der Waals surface area contributed by atoms with E-state index in [1.54, 1.807) is 0 Å². The van der Waals surface area contributed by atoms with Gasteiger partial charge in [-0.1, -0.05) is 140 Å². The molecule has 10 rings (SSSR count). The molecule has 3 heterocycles. The van der Waals surface area contributed by atoms with Crippen LogP contribution in [0.4, 0.5) is 0 Å². The molecule has 0 N–H and O–H groups in total. The second kappa shape index (κ2) is 10.9. The minimum atomic E-state index is 0.592. The highest BCUT2D eigenvalue weighted by atomic mass is 16.3. The summed E-state index contributed by atoms with van der Waals surface area (Å²) in [5.41, 5.74) is 7.49. The number of para-hydroxylation sites is 1. The van der Waals surface area contributed by atoms with Gasteiger partial charge in [0.25, 0.3) is 0 Å². The molecule has 0 radical (unpaired) electrons. The van der Waals surface area contributed by atoms with Crippen molar-refractivity contribution in [1.29, 1.82) is 0 Å². The number of hydrogen-bond donors (Lipinski definition) is 0. The molecule has 0 fully saturated rings. The summed E-state index contributed by atoms with van der Waals surface area (Å²) < 4.78 is 6.56. The van der Waals surface area contributed by atoms with Gasteiger partial charge in [-0.2, -0.15) is 0 Å². The molecule has 0 spiro atoms. The molecular weight excluding hydrogens is 601 g/mol. The van der Waals surface area contributed by atoms with Gasteiger partial charge in [0, 0.05) is 55.4 Å². The Balaban J connectivity index is 1.18. The van der Waals surface area contributed by atoms with Crippen molar-refractivity contribution in [3.8, 4) is 45.3 Å². The van der Waals surface area contributed by atoms with Gasteiger partial charge >= 0.3 is 0 Å². The van der Waals surface area contributed by atoms with E-state index in [0.717, 1.165) is 76.8 Å². The smallest absolute Gasteiger partial charge is 0.164 e. The quantitative estimate of drug-likeness (QED) is 0.182. The van der Waals surface area contributed by atoms with E-state index in [9.17, 15) is 0 Å². The predicted molar refractivity (Wildman–Crippen MR) is 199 cm³/mol. The zero-order valence-corrected chi connectivity index (χ0v) is 26.2. The van der Waals surface area contributed by atoms with Gasteiger partial charge in [0.15, 0.2) is 17.5 Å². The fourth-order valence-electron chi connectivity index (χ4n) is 7.02. The molecule has 0 saturated carbocycles. The Labute approximate surface area is 281 Å². The van der Waals surface area contributed by atoms with Gasteiger partial charge in [0.2, 0.25) is 0 Å². The number of rotatable bonds is 4. The van der Waals surface area contributed by atoms with E-state index in [1.165, 1.54) is 5.39 Å². The van der Waals surface area contributed by atoms with Crippen LogP contribution in [0, 0.1) is 0 Å². The SMILES string of the molecule is c1ccc(-c2nc(-c3ccc4c(ccc5c6ccccc6cnc45)c3)nc(-c3cccc4oc5c(-c6ccccc6)cccc5c34)n2)cc1. The summed E-state index contributed by atoms with van der Waals surface area (Å²) in [5, 5.41) is 7.64. The van der Waals surface area contributed by atoms with E-state index < -0.39 is 0 Å². The van der Waals surface area contributed by atoms with Crippen molar-refractivity contribution in [3.05, 3.63) is 158 Å². The van der Waals surface area contributed by atoms with Gasteiger partial charge in [-0.15, -0.1) is 0 Å². The first-order chi connectivity index (χ1) is 24.3. The molecule has 7 aromatic carbocycles. The van der Waals surface area contributed by atoms with Crippen molar-refractivity contribution >= 4 is 54.4 Å². The first-order valence-corrected chi connectivity index (χ1v) is 16.3. The van der Waals surface area contributed by atoms with Crippen LogP contribution in [0.3, 0.4) is 0 Å². The van der Waals surface area contributed by atoms with Crippen molar-refractivity contribution in [2.24, 2.45) is 0 Å². The molecule has 0 aliphatic carbocycles. The monoisotopic (exact) mass is 626 g/mol.